The Morgan fingerprint density at radius 1 is 1.02 bits per heavy atom. The van der Waals surface area contributed by atoms with Crippen LogP contribution in [-0.4, -0.2) is 29.9 Å². The number of benzene rings is 3. The molecule has 8 nitrogen and oxygen atoms in total. The maximum Gasteiger partial charge on any atom is 0.338 e. The monoisotopic (exact) mass is 738 g/mol. The van der Waals surface area contributed by atoms with Crippen molar-refractivity contribution in [2.75, 3.05) is 13.2 Å². The number of allylic oxidation sites excluding steroid dienone is 1. The second-order valence-corrected chi connectivity index (χ2v) is 12.7. The molecular formula is C35H35IN2O6S. The van der Waals surface area contributed by atoms with Gasteiger partial charge < -0.3 is 18.9 Å². The first kappa shape index (κ1) is 32.5. The molecule has 1 aliphatic rings. The number of halogens is 1. The van der Waals surface area contributed by atoms with E-state index in [4.69, 9.17) is 23.9 Å². The molecule has 0 saturated heterocycles. The summed E-state index contributed by atoms with van der Waals surface area (Å²) < 4.78 is 26.6. The Morgan fingerprint density at radius 2 is 1.76 bits per heavy atom. The fourth-order valence-electron chi connectivity index (χ4n) is 5.11. The number of hydrogen-bond acceptors (Lipinski definition) is 8. The van der Waals surface area contributed by atoms with E-state index >= 15 is 0 Å². The molecule has 0 radical (unpaired) electrons. The Bertz CT molecular complexity index is 1910. The number of nitrogens with zero attached hydrogens (tertiary/aromatic N) is 2. The number of carbonyl (C=O) groups excluding carboxylic acids is 1. The van der Waals surface area contributed by atoms with Crippen molar-refractivity contribution in [3.63, 3.8) is 0 Å². The molecule has 4 aromatic rings. The van der Waals surface area contributed by atoms with E-state index in [1.54, 1.807) is 18.4 Å². The molecular weight excluding hydrogens is 703 g/mol. The summed E-state index contributed by atoms with van der Waals surface area (Å²) in [5, 5.41) is 0. The van der Waals surface area contributed by atoms with E-state index in [0.29, 0.717) is 56.6 Å². The molecule has 1 aromatic heterocycles. The number of ether oxygens (including phenoxy) is 4. The van der Waals surface area contributed by atoms with E-state index in [2.05, 4.69) is 22.6 Å². The van der Waals surface area contributed by atoms with E-state index < -0.39 is 12.0 Å². The third-order valence-electron chi connectivity index (χ3n) is 6.95. The van der Waals surface area contributed by atoms with Crippen molar-refractivity contribution >= 4 is 46.0 Å². The number of carbonyl (C=O) groups is 1. The summed E-state index contributed by atoms with van der Waals surface area (Å²) in [6, 6.07) is 20.5. The van der Waals surface area contributed by atoms with Gasteiger partial charge in [0.2, 0.25) is 0 Å². The second kappa shape index (κ2) is 14.5. The fraction of sp³-hybridized carbons (Fsp3) is 0.286. The predicted octanol–water partition coefficient (Wildman–Crippen LogP) is 6.17. The molecule has 0 N–H and O–H groups in total. The molecule has 234 valence electrons. The molecule has 0 bridgehead atoms. The maximum atomic E-state index is 14.2. The minimum absolute atomic E-state index is 0.111. The standard InChI is InChI=1S/C35H35IN2O6S/c1-6-41-28-18-24(17-26(36)32(28)43-20-23-13-9-8-10-14-23)19-29-33(39)38-31(25-15-11-12-16-27(25)44-21(3)4)30(34(40)42-7-2)22(5)37-35(38)45-29/h8-19,21,31H,6-7,20H2,1-5H3/b29-19-/t31-/m1/s1. The Labute approximate surface area is 279 Å². The quantitative estimate of drug-likeness (QED) is 0.135. The Kier molecular flexibility index (Phi) is 10.4. The summed E-state index contributed by atoms with van der Waals surface area (Å²) in [7, 11) is 0. The second-order valence-electron chi connectivity index (χ2n) is 10.5. The van der Waals surface area contributed by atoms with Crippen molar-refractivity contribution < 1.29 is 23.7 Å². The SMILES string of the molecule is CCOC(=O)C1=C(C)N=c2s/c(=C\c3cc(I)c(OCc4ccccc4)c(OCC)c3)c(=O)n2[C@@H]1c1ccccc1OC(C)C. The third-order valence-corrected chi connectivity index (χ3v) is 8.73. The van der Waals surface area contributed by atoms with Crippen LogP contribution in [0.2, 0.25) is 0 Å². The van der Waals surface area contributed by atoms with Crippen LogP contribution in [0, 0.1) is 3.57 Å². The van der Waals surface area contributed by atoms with Gasteiger partial charge in [-0.1, -0.05) is 59.9 Å². The third kappa shape index (κ3) is 7.17. The van der Waals surface area contributed by atoms with Crippen LogP contribution in [0.3, 0.4) is 0 Å². The molecule has 1 aliphatic heterocycles. The maximum absolute atomic E-state index is 14.2. The molecule has 5 rings (SSSR count). The zero-order chi connectivity index (χ0) is 32.1. The molecule has 1 atom stereocenters. The summed E-state index contributed by atoms with van der Waals surface area (Å²) in [4.78, 5) is 32.7. The average molecular weight is 739 g/mol. The summed E-state index contributed by atoms with van der Waals surface area (Å²) in [5.74, 6) is 1.32. The minimum Gasteiger partial charge on any atom is -0.491 e. The van der Waals surface area contributed by atoms with Gasteiger partial charge in [0, 0.05) is 5.56 Å². The van der Waals surface area contributed by atoms with E-state index in [1.165, 1.54) is 11.3 Å². The minimum atomic E-state index is -0.773. The van der Waals surface area contributed by atoms with Crippen LogP contribution in [0.4, 0.5) is 0 Å². The van der Waals surface area contributed by atoms with Gasteiger partial charge in [-0.2, -0.15) is 0 Å². The van der Waals surface area contributed by atoms with Crippen molar-refractivity contribution in [1.82, 2.24) is 4.57 Å². The predicted molar refractivity (Wildman–Crippen MR) is 184 cm³/mol. The van der Waals surface area contributed by atoms with Gasteiger partial charge in [0.1, 0.15) is 18.4 Å². The summed E-state index contributed by atoms with van der Waals surface area (Å²) in [6.07, 6.45) is 1.71. The summed E-state index contributed by atoms with van der Waals surface area (Å²) >= 11 is 3.50. The number of aromatic nitrogens is 1. The van der Waals surface area contributed by atoms with Crippen molar-refractivity contribution in [3.05, 3.63) is 118 Å². The van der Waals surface area contributed by atoms with E-state index in [1.807, 2.05) is 93.6 Å². The number of rotatable bonds is 11. The van der Waals surface area contributed by atoms with Crippen LogP contribution in [0.5, 0.6) is 17.2 Å². The highest BCUT2D eigenvalue weighted by atomic mass is 127. The van der Waals surface area contributed by atoms with E-state index in [9.17, 15) is 9.59 Å². The van der Waals surface area contributed by atoms with Gasteiger partial charge in [-0.3, -0.25) is 9.36 Å². The molecule has 10 heteroatoms. The highest BCUT2D eigenvalue weighted by molar-refractivity contribution is 14.1. The van der Waals surface area contributed by atoms with Gasteiger partial charge in [-0.15, -0.1) is 0 Å². The van der Waals surface area contributed by atoms with Gasteiger partial charge in [0.25, 0.3) is 5.56 Å². The Balaban J connectivity index is 1.62. The molecule has 0 unspecified atom stereocenters. The van der Waals surface area contributed by atoms with Crippen molar-refractivity contribution in [2.45, 2.75) is 53.4 Å². The topological polar surface area (TPSA) is 88.4 Å². The number of para-hydroxylation sites is 1. The first-order valence-corrected chi connectivity index (χ1v) is 16.7. The molecule has 3 aromatic carbocycles. The van der Waals surface area contributed by atoms with Crippen LogP contribution >= 0.6 is 33.9 Å². The number of thiazole rings is 1. The summed E-state index contributed by atoms with van der Waals surface area (Å²) in [5.41, 5.74) is 3.05. The van der Waals surface area contributed by atoms with Gasteiger partial charge in [-0.25, -0.2) is 9.79 Å². The lowest BCUT2D eigenvalue weighted by atomic mass is 9.95. The lowest BCUT2D eigenvalue weighted by molar-refractivity contribution is -0.139. The number of fused-ring (bicyclic) bond motifs is 1. The fourth-order valence-corrected chi connectivity index (χ4v) is 6.94. The lowest BCUT2D eigenvalue weighted by Crippen LogP contribution is -2.40. The molecule has 2 heterocycles. The molecule has 0 aliphatic carbocycles. The first-order chi connectivity index (χ1) is 21.7. The largest absolute Gasteiger partial charge is 0.491 e. The molecule has 0 fully saturated rings. The van der Waals surface area contributed by atoms with Gasteiger partial charge in [-0.05, 0) is 92.6 Å². The van der Waals surface area contributed by atoms with Crippen molar-refractivity contribution in [1.29, 1.82) is 0 Å². The molecule has 0 saturated carbocycles. The smallest absolute Gasteiger partial charge is 0.338 e. The molecule has 45 heavy (non-hydrogen) atoms. The Hall–Kier alpha value is -3.90. The van der Waals surface area contributed by atoms with E-state index in [-0.39, 0.29) is 18.3 Å². The average Bonchev–Trinajstić information content (AvgIpc) is 3.30. The van der Waals surface area contributed by atoms with Gasteiger partial charge in [0.15, 0.2) is 16.3 Å². The van der Waals surface area contributed by atoms with Crippen LogP contribution in [0.25, 0.3) is 6.08 Å². The normalized spacial score (nSPS) is 14.6. The van der Waals surface area contributed by atoms with Gasteiger partial charge in [0.05, 0.1) is 38.7 Å². The van der Waals surface area contributed by atoms with Gasteiger partial charge >= 0.3 is 5.97 Å². The van der Waals surface area contributed by atoms with E-state index in [0.717, 1.165) is 14.7 Å². The highest BCUT2D eigenvalue weighted by Gasteiger charge is 2.35. The summed E-state index contributed by atoms with van der Waals surface area (Å²) in [6.45, 7) is 10.4. The molecule has 0 spiro atoms. The number of hydrogen-bond donors (Lipinski definition) is 0. The lowest BCUT2D eigenvalue weighted by Gasteiger charge is -2.26. The zero-order valence-electron chi connectivity index (χ0n) is 25.8. The van der Waals surface area contributed by atoms with Crippen molar-refractivity contribution in [2.24, 2.45) is 4.99 Å². The van der Waals surface area contributed by atoms with Crippen LogP contribution in [-0.2, 0) is 16.1 Å². The number of esters is 1. The first-order valence-electron chi connectivity index (χ1n) is 14.8. The van der Waals surface area contributed by atoms with Crippen LogP contribution in [0.1, 0.15) is 57.4 Å². The van der Waals surface area contributed by atoms with Crippen molar-refractivity contribution in [3.8, 4) is 17.2 Å². The Morgan fingerprint density at radius 3 is 2.47 bits per heavy atom. The highest BCUT2D eigenvalue weighted by Crippen LogP contribution is 2.37. The zero-order valence-corrected chi connectivity index (χ0v) is 28.8. The van der Waals surface area contributed by atoms with Crippen LogP contribution < -0.4 is 29.1 Å². The van der Waals surface area contributed by atoms with Crippen LogP contribution in [0.15, 0.2) is 87.8 Å². The molecule has 0 amide bonds.